The average molecular weight is 427 g/mol. The van der Waals surface area contributed by atoms with Gasteiger partial charge in [-0.1, -0.05) is 30.3 Å². The molecule has 0 bridgehead atoms. The molecule has 30 heavy (non-hydrogen) atoms. The van der Waals surface area contributed by atoms with Crippen LogP contribution in [0.1, 0.15) is 16.9 Å². The Labute approximate surface area is 179 Å². The molecule has 1 saturated heterocycles. The van der Waals surface area contributed by atoms with Gasteiger partial charge in [0.25, 0.3) is 11.0 Å². The van der Waals surface area contributed by atoms with Crippen LogP contribution in [0, 0.1) is 0 Å². The predicted octanol–water partition coefficient (Wildman–Crippen LogP) is 3.66. The van der Waals surface area contributed by atoms with Gasteiger partial charge in [0.2, 0.25) is 0 Å². The van der Waals surface area contributed by atoms with Gasteiger partial charge in [-0.05, 0) is 41.8 Å². The summed E-state index contributed by atoms with van der Waals surface area (Å²) in [5.74, 6) is -0.101. The molecule has 1 aliphatic heterocycles. The van der Waals surface area contributed by atoms with E-state index in [1.54, 1.807) is 10.6 Å². The molecule has 1 fully saturated rings. The van der Waals surface area contributed by atoms with Gasteiger partial charge in [0.05, 0.1) is 26.0 Å². The SMILES string of the molecule is O=C(Cl)C(=O)c1c(-c2ccccc2)cc2ccc(OCCCN3CCOCC3)cn12. The number of morpholine rings is 1. The number of hydrogen-bond acceptors (Lipinski definition) is 5. The number of ether oxygens (including phenoxy) is 2. The summed E-state index contributed by atoms with van der Waals surface area (Å²) < 4.78 is 13.0. The van der Waals surface area contributed by atoms with Crippen LogP contribution in [0.5, 0.6) is 5.75 Å². The van der Waals surface area contributed by atoms with Gasteiger partial charge in [-0.3, -0.25) is 14.5 Å². The van der Waals surface area contributed by atoms with Crippen LogP contribution in [0.4, 0.5) is 0 Å². The van der Waals surface area contributed by atoms with Gasteiger partial charge in [0.15, 0.2) is 0 Å². The highest BCUT2D eigenvalue weighted by Crippen LogP contribution is 2.30. The lowest BCUT2D eigenvalue weighted by Crippen LogP contribution is -2.37. The largest absolute Gasteiger partial charge is 0.492 e. The summed E-state index contributed by atoms with van der Waals surface area (Å²) in [6.45, 7) is 4.99. The fourth-order valence-electron chi connectivity index (χ4n) is 3.70. The molecular weight excluding hydrogens is 404 g/mol. The van der Waals surface area contributed by atoms with E-state index in [0.717, 1.165) is 50.3 Å². The van der Waals surface area contributed by atoms with Crippen molar-refractivity contribution in [2.75, 3.05) is 39.5 Å². The number of carbonyl (C=O) groups excluding carboxylic acids is 2. The second kappa shape index (κ2) is 9.43. The van der Waals surface area contributed by atoms with Crippen molar-refractivity contribution in [2.24, 2.45) is 0 Å². The van der Waals surface area contributed by atoms with Crippen molar-refractivity contribution in [1.82, 2.24) is 9.30 Å². The Balaban J connectivity index is 1.55. The smallest absolute Gasteiger partial charge is 0.294 e. The molecular formula is C23H23ClN2O4. The predicted molar refractivity (Wildman–Crippen MR) is 115 cm³/mol. The summed E-state index contributed by atoms with van der Waals surface area (Å²) in [6, 6.07) is 15.1. The number of pyridine rings is 1. The van der Waals surface area contributed by atoms with Crippen molar-refractivity contribution < 1.29 is 19.1 Å². The number of aromatic nitrogens is 1. The number of nitrogens with zero attached hydrogens (tertiary/aromatic N) is 2. The van der Waals surface area contributed by atoms with Gasteiger partial charge >= 0.3 is 0 Å². The van der Waals surface area contributed by atoms with Crippen LogP contribution in [-0.4, -0.2) is 59.8 Å². The third kappa shape index (κ3) is 4.56. The first kappa shape index (κ1) is 20.6. The number of benzene rings is 1. The van der Waals surface area contributed by atoms with Crippen molar-refractivity contribution in [1.29, 1.82) is 0 Å². The lowest BCUT2D eigenvalue weighted by Gasteiger charge is -2.26. The molecule has 6 nitrogen and oxygen atoms in total. The molecule has 0 N–H and O–H groups in total. The Hall–Kier alpha value is -2.67. The molecule has 7 heteroatoms. The van der Waals surface area contributed by atoms with Gasteiger partial charge in [0, 0.05) is 30.7 Å². The summed E-state index contributed by atoms with van der Waals surface area (Å²) in [4.78, 5) is 26.6. The van der Waals surface area contributed by atoms with Crippen molar-refractivity contribution in [3.63, 3.8) is 0 Å². The molecule has 1 aromatic carbocycles. The van der Waals surface area contributed by atoms with Crippen molar-refractivity contribution in [3.05, 3.63) is 60.4 Å². The second-order valence-corrected chi connectivity index (χ2v) is 7.53. The molecule has 0 radical (unpaired) electrons. The molecule has 156 valence electrons. The normalized spacial score (nSPS) is 14.7. The van der Waals surface area contributed by atoms with Crippen molar-refractivity contribution in [3.8, 4) is 16.9 Å². The van der Waals surface area contributed by atoms with Crippen LogP contribution in [0.3, 0.4) is 0 Å². The van der Waals surface area contributed by atoms with Crippen molar-refractivity contribution in [2.45, 2.75) is 6.42 Å². The molecule has 0 spiro atoms. The van der Waals surface area contributed by atoms with Gasteiger partial charge in [0.1, 0.15) is 11.4 Å². The number of ketones is 1. The highest BCUT2D eigenvalue weighted by molar-refractivity contribution is 6.83. The Morgan fingerprint density at radius 3 is 2.57 bits per heavy atom. The number of carbonyl (C=O) groups is 2. The van der Waals surface area contributed by atoms with Gasteiger partial charge in [-0.25, -0.2) is 0 Å². The summed E-state index contributed by atoms with van der Waals surface area (Å²) in [6.07, 6.45) is 2.63. The van der Waals surface area contributed by atoms with Crippen LogP contribution < -0.4 is 4.74 Å². The Kier molecular flexibility index (Phi) is 6.47. The van der Waals surface area contributed by atoms with Gasteiger partial charge in [-0.2, -0.15) is 0 Å². The number of rotatable bonds is 8. The number of hydrogen-bond donors (Lipinski definition) is 0. The van der Waals surface area contributed by atoms with E-state index in [4.69, 9.17) is 21.1 Å². The highest BCUT2D eigenvalue weighted by atomic mass is 35.5. The zero-order chi connectivity index (χ0) is 20.9. The first-order chi connectivity index (χ1) is 14.6. The maximum Gasteiger partial charge on any atom is 0.294 e. The standard InChI is InChI=1S/C23H23ClN2O4/c24-23(28)22(27)21-20(17-5-2-1-3-6-17)15-18-7-8-19(16-26(18)21)30-12-4-9-25-10-13-29-14-11-25/h1-3,5-8,15-16H,4,9-14H2. The highest BCUT2D eigenvalue weighted by Gasteiger charge is 2.23. The summed E-state index contributed by atoms with van der Waals surface area (Å²) in [5.41, 5.74) is 2.54. The first-order valence-corrected chi connectivity index (χ1v) is 10.4. The molecule has 0 atom stereocenters. The summed E-state index contributed by atoms with van der Waals surface area (Å²) in [5, 5.41) is -1.01. The molecule has 0 saturated carbocycles. The van der Waals surface area contributed by atoms with E-state index in [2.05, 4.69) is 4.90 Å². The van der Waals surface area contributed by atoms with Crippen LogP contribution in [0.15, 0.2) is 54.7 Å². The van der Waals surface area contributed by atoms with E-state index in [-0.39, 0.29) is 5.69 Å². The monoisotopic (exact) mass is 426 g/mol. The summed E-state index contributed by atoms with van der Waals surface area (Å²) >= 11 is 5.55. The Morgan fingerprint density at radius 1 is 1.07 bits per heavy atom. The van der Waals surface area contributed by atoms with E-state index < -0.39 is 11.0 Å². The number of halogens is 1. The van der Waals surface area contributed by atoms with E-state index in [1.165, 1.54) is 0 Å². The van der Waals surface area contributed by atoms with Gasteiger partial charge in [-0.15, -0.1) is 0 Å². The third-order valence-corrected chi connectivity index (χ3v) is 5.38. The molecule has 2 aromatic heterocycles. The maximum absolute atomic E-state index is 12.6. The average Bonchev–Trinajstić information content (AvgIpc) is 3.16. The molecule has 1 aliphatic rings. The number of fused-ring (bicyclic) bond motifs is 1. The number of Topliss-reactive ketones (excluding diaryl/α,β-unsaturated/α-hetero) is 1. The van der Waals surface area contributed by atoms with E-state index in [0.29, 0.717) is 17.9 Å². The topological polar surface area (TPSA) is 60.2 Å². The second-order valence-electron chi connectivity index (χ2n) is 7.19. The molecule has 0 unspecified atom stereocenters. The van der Waals surface area contributed by atoms with Crippen LogP contribution >= 0.6 is 11.6 Å². The minimum Gasteiger partial charge on any atom is -0.492 e. The quantitative estimate of drug-likeness (QED) is 0.238. The third-order valence-electron chi connectivity index (χ3n) is 5.21. The fourth-order valence-corrected chi connectivity index (χ4v) is 3.79. The molecule has 4 rings (SSSR count). The van der Waals surface area contributed by atoms with E-state index in [9.17, 15) is 9.59 Å². The minimum atomic E-state index is -1.01. The Bertz CT molecular complexity index is 1040. The molecule has 3 aromatic rings. The zero-order valence-electron chi connectivity index (χ0n) is 16.6. The lowest BCUT2D eigenvalue weighted by atomic mass is 10.0. The zero-order valence-corrected chi connectivity index (χ0v) is 17.3. The molecule has 3 heterocycles. The van der Waals surface area contributed by atoms with Crippen LogP contribution in [-0.2, 0) is 9.53 Å². The van der Waals surface area contributed by atoms with Crippen LogP contribution in [0.25, 0.3) is 16.6 Å². The summed E-state index contributed by atoms with van der Waals surface area (Å²) in [7, 11) is 0. The first-order valence-electron chi connectivity index (χ1n) is 10.0. The molecule has 0 aliphatic carbocycles. The fraction of sp³-hybridized carbons (Fsp3) is 0.304. The maximum atomic E-state index is 12.6. The van der Waals surface area contributed by atoms with Gasteiger partial charge < -0.3 is 13.9 Å². The molecule has 0 amide bonds. The Morgan fingerprint density at radius 2 is 1.83 bits per heavy atom. The minimum absolute atomic E-state index is 0.245. The van der Waals surface area contributed by atoms with E-state index >= 15 is 0 Å². The van der Waals surface area contributed by atoms with Crippen LogP contribution in [0.2, 0.25) is 0 Å². The lowest BCUT2D eigenvalue weighted by molar-refractivity contribution is -0.108. The van der Waals surface area contributed by atoms with E-state index in [1.807, 2.05) is 48.5 Å². The van der Waals surface area contributed by atoms with Crippen molar-refractivity contribution >= 4 is 28.1 Å².